The zero-order valence-corrected chi connectivity index (χ0v) is 23.4. The molecule has 5 atom stereocenters. The highest BCUT2D eigenvalue weighted by Gasteiger charge is 2.49. The summed E-state index contributed by atoms with van der Waals surface area (Å²) >= 11 is 0. The number of benzene rings is 2. The first-order valence-electron chi connectivity index (χ1n) is 13.1. The summed E-state index contributed by atoms with van der Waals surface area (Å²) in [6, 6.07) is 12.3. The molecule has 0 aromatic heterocycles. The fourth-order valence-electron chi connectivity index (χ4n) is 4.99. The van der Waals surface area contributed by atoms with E-state index in [4.69, 9.17) is 23.7 Å². The normalized spacial score (nSPS) is 21.8. The fraction of sp³-hybridized carbons (Fsp3) is 0.400. The van der Waals surface area contributed by atoms with Gasteiger partial charge in [0, 0.05) is 31.2 Å². The first-order chi connectivity index (χ1) is 20.0. The van der Waals surface area contributed by atoms with Gasteiger partial charge >= 0.3 is 23.9 Å². The largest absolute Gasteiger partial charge is 0.497 e. The third-order valence-electron chi connectivity index (χ3n) is 6.89. The van der Waals surface area contributed by atoms with Crippen LogP contribution >= 0.6 is 0 Å². The molecular weight excluding hydrogens is 552 g/mol. The lowest BCUT2D eigenvalue weighted by molar-refractivity contribution is -0.237. The van der Waals surface area contributed by atoms with Crippen LogP contribution in [0.1, 0.15) is 37.3 Å². The van der Waals surface area contributed by atoms with Crippen molar-refractivity contribution in [2.45, 2.75) is 38.6 Å². The van der Waals surface area contributed by atoms with E-state index in [2.05, 4.69) is 0 Å². The van der Waals surface area contributed by atoms with Gasteiger partial charge in [-0.25, -0.2) is 0 Å². The van der Waals surface area contributed by atoms with Crippen LogP contribution in [-0.2, 0) is 28.7 Å². The highest BCUT2D eigenvalue weighted by molar-refractivity contribution is 5.72. The molecule has 1 heterocycles. The molecule has 0 bridgehead atoms. The number of carboxylic acids is 3. The number of carbonyl (C=O) groups is 4. The number of carboxylic acid groups (broad SMARTS) is 3. The van der Waals surface area contributed by atoms with Crippen molar-refractivity contribution in [3.05, 3.63) is 53.6 Å². The molecule has 3 N–H and O–H groups in total. The molecule has 0 saturated carbocycles. The summed E-state index contributed by atoms with van der Waals surface area (Å²) in [6.07, 6.45) is -0.109. The standard InChI is InChI=1S/C30H34O12/c1-17(31)40-16-26-24(14-28(34)35)23(13-27(32)33)25(15-29(36)37)30(42-26)41-20-8-6-18(7-9-20)4-5-19-10-21(38-2)12-22(11-19)39-3/h4-12,23-26,30H,13-16H2,1-3H3,(H,32,33)(H,34,35)(H,36,37)/b5-4+. The highest BCUT2D eigenvalue weighted by Crippen LogP contribution is 2.42. The molecule has 1 fully saturated rings. The van der Waals surface area contributed by atoms with Crippen LogP contribution in [-0.4, -0.2) is 72.4 Å². The Labute approximate surface area is 242 Å². The van der Waals surface area contributed by atoms with E-state index in [0.717, 1.165) is 11.1 Å². The van der Waals surface area contributed by atoms with Crippen LogP contribution < -0.4 is 14.2 Å². The number of aliphatic carboxylic acids is 3. The number of methoxy groups -OCH3 is 2. The molecule has 42 heavy (non-hydrogen) atoms. The molecule has 0 aliphatic carbocycles. The van der Waals surface area contributed by atoms with E-state index in [1.54, 1.807) is 44.6 Å². The zero-order valence-electron chi connectivity index (χ0n) is 23.4. The Balaban J connectivity index is 1.87. The van der Waals surface area contributed by atoms with Crippen molar-refractivity contribution in [1.29, 1.82) is 0 Å². The Morgan fingerprint density at radius 2 is 1.26 bits per heavy atom. The Bertz CT molecular complexity index is 1260. The molecular formula is C30H34O12. The summed E-state index contributed by atoms with van der Waals surface area (Å²) < 4.78 is 27.7. The number of rotatable bonds is 14. The van der Waals surface area contributed by atoms with E-state index in [0.29, 0.717) is 17.2 Å². The van der Waals surface area contributed by atoms with Crippen molar-refractivity contribution >= 4 is 36.0 Å². The smallest absolute Gasteiger partial charge is 0.303 e. The summed E-state index contributed by atoms with van der Waals surface area (Å²) in [5, 5.41) is 28.7. The summed E-state index contributed by atoms with van der Waals surface area (Å²) in [5.41, 5.74) is 1.66. The minimum atomic E-state index is -1.25. The van der Waals surface area contributed by atoms with Crippen molar-refractivity contribution < 1.29 is 58.2 Å². The van der Waals surface area contributed by atoms with Gasteiger partial charge in [-0.2, -0.15) is 0 Å². The van der Waals surface area contributed by atoms with Gasteiger partial charge in [-0.3, -0.25) is 19.2 Å². The van der Waals surface area contributed by atoms with Crippen LogP contribution in [0.5, 0.6) is 17.2 Å². The van der Waals surface area contributed by atoms with Gasteiger partial charge in [0.2, 0.25) is 6.29 Å². The predicted octanol–water partition coefficient (Wildman–Crippen LogP) is 3.81. The van der Waals surface area contributed by atoms with Crippen LogP contribution in [0.2, 0.25) is 0 Å². The van der Waals surface area contributed by atoms with E-state index in [-0.39, 0.29) is 6.61 Å². The first-order valence-corrected chi connectivity index (χ1v) is 13.1. The van der Waals surface area contributed by atoms with Gasteiger partial charge in [0.25, 0.3) is 0 Å². The highest BCUT2D eigenvalue weighted by atomic mass is 16.7. The molecule has 5 unspecified atom stereocenters. The second-order valence-electron chi connectivity index (χ2n) is 9.80. The van der Waals surface area contributed by atoms with Gasteiger partial charge < -0.3 is 39.0 Å². The molecule has 0 amide bonds. The average molecular weight is 587 g/mol. The van der Waals surface area contributed by atoms with Crippen molar-refractivity contribution in [2.24, 2.45) is 17.8 Å². The molecule has 226 valence electrons. The summed E-state index contributed by atoms with van der Waals surface area (Å²) in [7, 11) is 3.12. The molecule has 0 spiro atoms. The molecule has 0 radical (unpaired) electrons. The van der Waals surface area contributed by atoms with Crippen molar-refractivity contribution in [2.75, 3.05) is 20.8 Å². The number of carbonyl (C=O) groups excluding carboxylic acids is 1. The van der Waals surface area contributed by atoms with E-state index in [1.807, 2.05) is 24.3 Å². The van der Waals surface area contributed by atoms with Gasteiger partial charge in [-0.1, -0.05) is 24.3 Å². The number of hydrogen-bond acceptors (Lipinski definition) is 9. The summed E-state index contributed by atoms with van der Waals surface area (Å²) in [6.45, 7) is 0.827. The van der Waals surface area contributed by atoms with Crippen LogP contribution in [0, 0.1) is 17.8 Å². The number of esters is 1. The lowest BCUT2D eigenvalue weighted by atomic mass is 9.71. The maximum Gasteiger partial charge on any atom is 0.303 e. The number of ether oxygens (including phenoxy) is 5. The van der Waals surface area contributed by atoms with E-state index < -0.39 is 73.3 Å². The quantitative estimate of drug-likeness (QED) is 0.216. The third kappa shape index (κ3) is 9.23. The molecule has 2 aromatic carbocycles. The second-order valence-corrected chi connectivity index (χ2v) is 9.80. The van der Waals surface area contributed by atoms with Crippen LogP contribution in [0.25, 0.3) is 12.2 Å². The fourth-order valence-corrected chi connectivity index (χ4v) is 4.99. The van der Waals surface area contributed by atoms with Crippen LogP contribution in [0.15, 0.2) is 42.5 Å². The van der Waals surface area contributed by atoms with Crippen molar-refractivity contribution in [1.82, 2.24) is 0 Å². The summed E-state index contributed by atoms with van der Waals surface area (Å²) in [4.78, 5) is 46.7. The van der Waals surface area contributed by atoms with Crippen molar-refractivity contribution in [3.8, 4) is 17.2 Å². The Kier molecular flexibility index (Phi) is 11.3. The minimum absolute atomic E-state index is 0.313. The maximum atomic E-state index is 11.8. The van der Waals surface area contributed by atoms with Gasteiger partial charge in [-0.15, -0.1) is 0 Å². The van der Waals surface area contributed by atoms with Crippen LogP contribution in [0.4, 0.5) is 0 Å². The lowest BCUT2D eigenvalue weighted by Crippen LogP contribution is -2.53. The molecule has 1 aliphatic heterocycles. The lowest BCUT2D eigenvalue weighted by Gasteiger charge is -2.45. The summed E-state index contributed by atoms with van der Waals surface area (Å²) in [5.74, 6) is -5.62. The van der Waals surface area contributed by atoms with Crippen LogP contribution in [0.3, 0.4) is 0 Å². The molecule has 12 nitrogen and oxygen atoms in total. The topological polar surface area (TPSA) is 175 Å². The Morgan fingerprint density at radius 3 is 1.79 bits per heavy atom. The predicted molar refractivity (Wildman–Crippen MR) is 148 cm³/mol. The van der Waals surface area contributed by atoms with Gasteiger partial charge in [0.05, 0.1) is 33.2 Å². The monoisotopic (exact) mass is 586 g/mol. The van der Waals surface area contributed by atoms with Crippen molar-refractivity contribution in [3.63, 3.8) is 0 Å². The van der Waals surface area contributed by atoms with Gasteiger partial charge in [-0.05, 0) is 41.3 Å². The molecule has 1 aliphatic rings. The average Bonchev–Trinajstić information content (AvgIpc) is 2.93. The Morgan fingerprint density at radius 1 is 0.738 bits per heavy atom. The molecule has 1 saturated heterocycles. The third-order valence-corrected chi connectivity index (χ3v) is 6.89. The van der Waals surface area contributed by atoms with E-state index in [1.165, 1.54) is 6.92 Å². The maximum absolute atomic E-state index is 11.8. The van der Waals surface area contributed by atoms with Gasteiger partial charge in [0.15, 0.2) is 0 Å². The molecule has 3 rings (SSSR count). The minimum Gasteiger partial charge on any atom is -0.497 e. The Hall–Kier alpha value is -4.58. The van der Waals surface area contributed by atoms with E-state index >= 15 is 0 Å². The molecule has 2 aromatic rings. The first kappa shape index (κ1) is 31.9. The SMILES string of the molecule is COc1cc(/C=C/c2ccc(OC3OC(COC(C)=O)C(CC(=O)O)C(CC(=O)O)C3CC(=O)O)cc2)cc(OC)c1. The van der Waals surface area contributed by atoms with E-state index in [9.17, 15) is 34.5 Å². The second kappa shape index (κ2) is 14.9. The van der Waals surface area contributed by atoms with Gasteiger partial charge in [0.1, 0.15) is 23.9 Å². The number of hydrogen-bond donors (Lipinski definition) is 3. The zero-order chi connectivity index (χ0) is 30.8. The molecule has 12 heteroatoms.